The van der Waals surface area contributed by atoms with Crippen molar-refractivity contribution < 1.29 is 13.5 Å². The van der Waals surface area contributed by atoms with E-state index in [1.807, 2.05) is 6.07 Å². The number of rotatable bonds is 2. The normalized spacial score (nSPS) is 9.71. The number of nitrogens with zero attached hydrogens (tertiary/aromatic N) is 3. The molecule has 2 rings (SSSR count). The van der Waals surface area contributed by atoms with E-state index in [2.05, 4.69) is 10.2 Å². The van der Waals surface area contributed by atoms with Gasteiger partial charge in [0.05, 0.1) is 6.20 Å². The number of hydrogen-bond donors (Lipinski definition) is 0. The zero-order valence-corrected chi connectivity index (χ0v) is 8.39. The SMILES string of the molecule is N#Cc1ccnnc1Oc1ccc(F)cc1F. The lowest BCUT2D eigenvalue weighted by molar-refractivity contribution is 0.417. The van der Waals surface area contributed by atoms with E-state index in [4.69, 9.17) is 10.00 Å². The smallest absolute Gasteiger partial charge is 0.257 e. The molecule has 0 N–H and O–H groups in total. The van der Waals surface area contributed by atoms with Crippen LogP contribution in [-0.2, 0) is 0 Å². The fourth-order valence-electron chi connectivity index (χ4n) is 1.14. The second kappa shape index (κ2) is 4.53. The molecule has 0 atom stereocenters. The Morgan fingerprint density at radius 1 is 1.24 bits per heavy atom. The largest absolute Gasteiger partial charge is 0.433 e. The van der Waals surface area contributed by atoms with E-state index in [9.17, 15) is 8.78 Å². The highest BCUT2D eigenvalue weighted by Gasteiger charge is 2.10. The Bertz CT molecular complexity index is 596. The fraction of sp³-hybridized carbons (Fsp3) is 0. The van der Waals surface area contributed by atoms with Crippen molar-refractivity contribution in [1.29, 1.82) is 5.26 Å². The first-order chi connectivity index (χ1) is 8.20. The van der Waals surface area contributed by atoms with Crippen molar-refractivity contribution in [2.24, 2.45) is 0 Å². The van der Waals surface area contributed by atoms with Crippen molar-refractivity contribution in [3.8, 4) is 17.7 Å². The summed E-state index contributed by atoms with van der Waals surface area (Å²) >= 11 is 0. The van der Waals surface area contributed by atoms with E-state index in [0.29, 0.717) is 6.07 Å². The predicted octanol–water partition coefficient (Wildman–Crippen LogP) is 2.42. The van der Waals surface area contributed by atoms with E-state index in [1.165, 1.54) is 12.3 Å². The summed E-state index contributed by atoms with van der Waals surface area (Å²) in [7, 11) is 0. The van der Waals surface area contributed by atoms with Gasteiger partial charge in [-0.25, -0.2) is 8.78 Å². The molecular weight excluding hydrogens is 228 g/mol. The van der Waals surface area contributed by atoms with Gasteiger partial charge in [0.2, 0.25) is 0 Å². The predicted molar refractivity (Wildman–Crippen MR) is 53.2 cm³/mol. The summed E-state index contributed by atoms with van der Waals surface area (Å²) in [6.45, 7) is 0. The van der Waals surface area contributed by atoms with Crippen LogP contribution in [0.3, 0.4) is 0 Å². The van der Waals surface area contributed by atoms with Crippen molar-refractivity contribution >= 4 is 0 Å². The summed E-state index contributed by atoms with van der Waals surface area (Å²) in [5.41, 5.74) is 0.115. The van der Waals surface area contributed by atoms with Crippen LogP contribution in [0.1, 0.15) is 5.56 Å². The van der Waals surface area contributed by atoms with E-state index in [0.717, 1.165) is 12.1 Å². The molecule has 0 unspecified atom stereocenters. The van der Waals surface area contributed by atoms with Crippen molar-refractivity contribution in [2.75, 3.05) is 0 Å². The molecule has 0 spiro atoms. The van der Waals surface area contributed by atoms with Gasteiger partial charge >= 0.3 is 0 Å². The summed E-state index contributed by atoms with van der Waals surface area (Å²) < 4.78 is 31.0. The lowest BCUT2D eigenvalue weighted by Gasteiger charge is -2.05. The average molecular weight is 233 g/mol. The molecule has 1 aromatic carbocycles. The topological polar surface area (TPSA) is 58.8 Å². The Morgan fingerprint density at radius 2 is 2.06 bits per heavy atom. The van der Waals surface area contributed by atoms with Crippen molar-refractivity contribution in [3.05, 3.63) is 47.7 Å². The summed E-state index contributed by atoms with van der Waals surface area (Å²) in [5, 5.41) is 15.8. The number of hydrogen-bond acceptors (Lipinski definition) is 4. The van der Waals surface area contributed by atoms with Gasteiger partial charge < -0.3 is 4.74 Å². The zero-order chi connectivity index (χ0) is 12.3. The molecule has 0 aliphatic carbocycles. The zero-order valence-electron chi connectivity index (χ0n) is 8.39. The maximum Gasteiger partial charge on any atom is 0.257 e. The number of aromatic nitrogens is 2. The molecule has 4 nitrogen and oxygen atoms in total. The molecule has 2 aromatic rings. The first-order valence-electron chi connectivity index (χ1n) is 4.55. The van der Waals surface area contributed by atoms with Crippen LogP contribution in [0.2, 0.25) is 0 Å². The van der Waals surface area contributed by atoms with Crippen LogP contribution in [0.15, 0.2) is 30.5 Å². The van der Waals surface area contributed by atoms with Crippen LogP contribution < -0.4 is 4.74 Å². The maximum atomic E-state index is 13.3. The van der Waals surface area contributed by atoms with Crippen molar-refractivity contribution in [3.63, 3.8) is 0 Å². The molecule has 0 aliphatic rings. The van der Waals surface area contributed by atoms with E-state index in [1.54, 1.807) is 0 Å². The van der Waals surface area contributed by atoms with Gasteiger partial charge in [0.25, 0.3) is 5.88 Å². The molecule has 0 amide bonds. The third-order valence-corrected chi connectivity index (χ3v) is 1.91. The van der Waals surface area contributed by atoms with Crippen molar-refractivity contribution in [1.82, 2.24) is 10.2 Å². The minimum Gasteiger partial charge on any atom is -0.433 e. The Hall–Kier alpha value is -2.55. The second-order valence-electron chi connectivity index (χ2n) is 3.04. The fourth-order valence-corrected chi connectivity index (χ4v) is 1.14. The molecule has 0 aliphatic heterocycles. The van der Waals surface area contributed by atoms with E-state index in [-0.39, 0.29) is 17.2 Å². The molecule has 6 heteroatoms. The number of ether oxygens (including phenoxy) is 1. The lowest BCUT2D eigenvalue weighted by Crippen LogP contribution is -1.95. The van der Waals surface area contributed by atoms with Crippen LogP contribution in [-0.4, -0.2) is 10.2 Å². The molecule has 84 valence electrons. The lowest BCUT2D eigenvalue weighted by atomic mass is 10.3. The third-order valence-electron chi connectivity index (χ3n) is 1.91. The maximum absolute atomic E-state index is 13.3. The Morgan fingerprint density at radius 3 is 2.76 bits per heavy atom. The standard InChI is InChI=1S/C11H5F2N3O/c12-8-1-2-10(9(13)5-8)17-11-7(6-14)3-4-15-16-11/h1-5H. The van der Waals surface area contributed by atoms with Crippen LogP contribution in [0.5, 0.6) is 11.6 Å². The van der Waals surface area contributed by atoms with Gasteiger partial charge in [0.15, 0.2) is 11.6 Å². The van der Waals surface area contributed by atoms with E-state index < -0.39 is 11.6 Å². The number of halogens is 2. The number of nitriles is 1. The van der Waals surface area contributed by atoms with Gasteiger partial charge in [-0.15, -0.1) is 5.10 Å². The highest BCUT2D eigenvalue weighted by atomic mass is 19.1. The van der Waals surface area contributed by atoms with Gasteiger partial charge in [-0.1, -0.05) is 0 Å². The van der Waals surface area contributed by atoms with Crippen molar-refractivity contribution in [2.45, 2.75) is 0 Å². The molecule has 0 fully saturated rings. The Balaban J connectivity index is 2.35. The third kappa shape index (κ3) is 2.34. The van der Waals surface area contributed by atoms with Crippen LogP contribution in [0.4, 0.5) is 8.78 Å². The molecule has 0 saturated carbocycles. The van der Waals surface area contributed by atoms with Gasteiger partial charge in [-0.05, 0) is 18.2 Å². The molecule has 0 bridgehead atoms. The Kier molecular flexibility index (Phi) is 2.92. The van der Waals surface area contributed by atoms with Crippen LogP contribution >= 0.6 is 0 Å². The molecule has 0 radical (unpaired) electrons. The summed E-state index contributed by atoms with van der Waals surface area (Å²) in [6.07, 6.45) is 1.31. The molecule has 0 saturated heterocycles. The van der Waals surface area contributed by atoms with Gasteiger partial charge in [-0.2, -0.15) is 10.4 Å². The van der Waals surface area contributed by atoms with E-state index >= 15 is 0 Å². The van der Waals surface area contributed by atoms with Gasteiger partial charge in [0.1, 0.15) is 17.4 Å². The Labute approximate surface area is 95.1 Å². The highest BCUT2D eigenvalue weighted by Crippen LogP contribution is 2.24. The number of benzene rings is 1. The highest BCUT2D eigenvalue weighted by molar-refractivity contribution is 5.39. The molecular formula is C11H5F2N3O. The minimum absolute atomic E-state index is 0.115. The summed E-state index contributed by atoms with van der Waals surface area (Å²) in [6, 6.07) is 6.03. The molecule has 1 aromatic heterocycles. The minimum atomic E-state index is -0.875. The quantitative estimate of drug-likeness (QED) is 0.799. The van der Waals surface area contributed by atoms with Gasteiger partial charge in [0, 0.05) is 6.07 Å². The van der Waals surface area contributed by atoms with Crippen LogP contribution in [0, 0.1) is 23.0 Å². The first-order valence-corrected chi connectivity index (χ1v) is 4.55. The monoisotopic (exact) mass is 233 g/mol. The summed E-state index contributed by atoms with van der Waals surface area (Å²) in [5.74, 6) is -1.93. The summed E-state index contributed by atoms with van der Waals surface area (Å²) in [4.78, 5) is 0. The second-order valence-corrected chi connectivity index (χ2v) is 3.04. The molecule has 17 heavy (non-hydrogen) atoms. The van der Waals surface area contributed by atoms with Crippen LogP contribution in [0.25, 0.3) is 0 Å². The van der Waals surface area contributed by atoms with Gasteiger partial charge in [-0.3, -0.25) is 0 Å². The molecule has 1 heterocycles. The average Bonchev–Trinajstić information content (AvgIpc) is 2.33. The first kappa shape index (κ1) is 11.0.